The first-order chi connectivity index (χ1) is 17.3. The molecular formula is C26H31ClN6O3. The molecule has 0 bridgehead atoms. The number of aliphatic hydroxyl groups excluding tert-OH is 1. The lowest BCUT2D eigenvalue weighted by atomic mass is 10.00. The highest BCUT2D eigenvalue weighted by Gasteiger charge is 2.23. The Morgan fingerprint density at radius 3 is 2.75 bits per heavy atom. The molecule has 0 radical (unpaired) electrons. The zero-order valence-electron chi connectivity index (χ0n) is 20.9. The number of aromatic nitrogens is 3. The van der Waals surface area contributed by atoms with E-state index < -0.39 is 6.10 Å². The van der Waals surface area contributed by atoms with Gasteiger partial charge < -0.3 is 25.4 Å². The second-order valence-electron chi connectivity index (χ2n) is 8.86. The van der Waals surface area contributed by atoms with E-state index in [2.05, 4.69) is 15.5 Å². The summed E-state index contributed by atoms with van der Waals surface area (Å²) in [4.78, 5) is 14.4. The monoisotopic (exact) mass is 510 g/mol. The molecule has 0 spiro atoms. The van der Waals surface area contributed by atoms with Crippen molar-refractivity contribution in [3.05, 3.63) is 52.1 Å². The molecular weight excluding hydrogens is 480 g/mol. The van der Waals surface area contributed by atoms with Gasteiger partial charge in [0.2, 0.25) is 0 Å². The number of halogens is 1. The molecule has 1 aromatic carbocycles. The van der Waals surface area contributed by atoms with Crippen molar-refractivity contribution in [2.24, 2.45) is 10.7 Å². The molecule has 0 aliphatic heterocycles. The van der Waals surface area contributed by atoms with Gasteiger partial charge in [-0.05, 0) is 58.9 Å². The number of hydrogen-bond acceptors (Lipinski definition) is 9. The van der Waals surface area contributed by atoms with Gasteiger partial charge in [0.05, 0.1) is 33.7 Å². The largest absolute Gasteiger partial charge is 0.491 e. The molecule has 9 nitrogen and oxygen atoms in total. The zero-order chi connectivity index (χ0) is 25.8. The van der Waals surface area contributed by atoms with Crippen LogP contribution in [-0.2, 0) is 0 Å². The fourth-order valence-corrected chi connectivity index (χ4v) is 4.03. The van der Waals surface area contributed by atoms with Gasteiger partial charge in [-0.25, -0.2) is 9.97 Å². The predicted octanol–water partition coefficient (Wildman–Crippen LogP) is 3.87. The smallest absolute Gasteiger partial charge is 0.162 e. The molecule has 1 saturated carbocycles. The van der Waals surface area contributed by atoms with Gasteiger partial charge in [0, 0.05) is 35.7 Å². The fraction of sp³-hybridized carbons (Fsp3) is 0.385. The lowest BCUT2D eigenvalue weighted by Crippen LogP contribution is -2.29. The summed E-state index contributed by atoms with van der Waals surface area (Å²) >= 11 is 6.61. The quantitative estimate of drug-likeness (QED) is 0.350. The highest BCUT2D eigenvalue weighted by atomic mass is 35.5. The van der Waals surface area contributed by atoms with Gasteiger partial charge in [0.1, 0.15) is 24.2 Å². The highest BCUT2D eigenvalue weighted by molar-refractivity contribution is 6.33. The van der Waals surface area contributed by atoms with Crippen LogP contribution in [0.5, 0.6) is 5.75 Å². The van der Waals surface area contributed by atoms with E-state index in [1.807, 2.05) is 20.8 Å². The van der Waals surface area contributed by atoms with Crippen LogP contribution in [-0.4, -0.2) is 58.8 Å². The minimum absolute atomic E-state index is 0.129. The summed E-state index contributed by atoms with van der Waals surface area (Å²) < 4.78 is 11.2. The number of nitrogens with one attached hydrogen (secondary N) is 1. The van der Waals surface area contributed by atoms with Crippen molar-refractivity contribution in [2.45, 2.75) is 45.8 Å². The standard InChI is InChI=1S/C26H31ClN6O3/c1-14-24(17(10-28)11-30-18-5-6-18)31-26(32-25(14)23-15(2)33-36-16(23)3)21-9-20(7-8-22(21)27)35-13-19(34)12-29-4/h7-11,18-19,29,34H,5-6,12-13,28H2,1-4H3/t19-/m1/s1. The second kappa shape index (κ2) is 11.2. The van der Waals surface area contributed by atoms with Crippen molar-refractivity contribution in [1.29, 1.82) is 0 Å². The van der Waals surface area contributed by atoms with Gasteiger partial charge in [-0.1, -0.05) is 16.8 Å². The van der Waals surface area contributed by atoms with Crippen LogP contribution in [0.1, 0.15) is 35.6 Å². The van der Waals surface area contributed by atoms with Crippen LogP contribution in [0.3, 0.4) is 0 Å². The normalized spacial score (nSPS) is 15.0. The number of aryl methyl sites for hydroxylation is 2. The maximum Gasteiger partial charge on any atom is 0.162 e. The molecule has 36 heavy (non-hydrogen) atoms. The number of aliphatic imine (C=N–C) groups is 1. The van der Waals surface area contributed by atoms with Crippen molar-refractivity contribution in [1.82, 2.24) is 20.4 Å². The zero-order valence-corrected chi connectivity index (χ0v) is 21.6. The Labute approximate surface area is 215 Å². The minimum atomic E-state index is -0.648. The lowest BCUT2D eigenvalue weighted by molar-refractivity contribution is 0.108. The maximum absolute atomic E-state index is 10.0. The summed E-state index contributed by atoms with van der Waals surface area (Å²) in [5.74, 6) is 1.59. The first-order valence-electron chi connectivity index (χ1n) is 11.8. The Morgan fingerprint density at radius 2 is 2.11 bits per heavy atom. The molecule has 0 saturated heterocycles. The second-order valence-corrected chi connectivity index (χ2v) is 9.27. The molecule has 1 fully saturated rings. The van der Waals surface area contributed by atoms with E-state index >= 15 is 0 Å². The van der Waals surface area contributed by atoms with Crippen LogP contribution in [0.15, 0.2) is 33.9 Å². The Bertz CT molecular complexity index is 1280. The van der Waals surface area contributed by atoms with Crippen molar-refractivity contribution >= 4 is 23.4 Å². The predicted molar refractivity (Wildman–Crippen MR) is 141 cm³/mol. The van der Waals surface area contributed by atoms with E-state index in [0.717, 1.165) is 29.7 Å². The maximum atomic E-state index is 10.0. The van der Waals surface area contributed by atoms with Crippen molar-refractivity contribution in [2.75, 3.05) is 20.2 Å². The molecule has 2 aromatic heterocycles. The Hall–Kier alpha value is -3.27. The first kappa shape index (κ1) is 25.8. The first-order valence-corrected chi connectivity index (χ1v) is 12.2. The number of likely N-dealkylation sites (N-methyl/N-ethyl adjacent to an activating group) is 1. The van der Waals surface area contributed by atoms with Gasteiger partial charge in [-0.3, -0.25) is 4.99 Å². The molecule has 4 N–H and O–H groups in total. The summed E-state index contributed by atoms with van der Waals surface area (Å²) in [5.41, 5.74) is 11.0. The van der Waals surface area contributed by atoms with Crippen molar-refractivity contribution < 1.29 is 14.4 Å². The van der Waals surface area contributed by atoms with E-state index in [1.54, 1.807) is 31.5 Å². The molecule has 10 heteroatoms. The Morgan fingerprint density at radius 1 is 1.33 bits per heavy atom. The molecule has 1 atom stereocenters. The summed E-state index contributed by atoms with van der Waals surface area (Å²) in [5, 5.41) is 17.5. The van der Waals surface area contributed by atoms with Gasteiger partial charge in [-0.2, -0.15) is 0 Å². The van der Waals surface area contributed by atoms with Crippen LogP contribution in [0.4, 0.5) is 0 Å². The van der Waals surface area contributed by atoms with Crippen molar-refractivity contribution in [3.8, 4) is 28.4 Å². The number of benzene rings is 1. The molecule has 1 aliphatic rings. The average Bonchev–Trinajstić information content (AvgIpc) is 3.63. The van der Waals surface area contributed by atoms with Crippen LogP contribution in [0.25, 0.3) is 28.2 Å². The summed E-state index contributed by atoms with van der Waals surface area (Å²) in [7, 11) is 1.77. The molecule has 2 heterocycles. The third-order valence-electron chi connectivity index (χ3n) is 5.90. The highest BCUT2D eigenvalue weighted by Crippen LogP contribution is 2.36. The van der Waals surface area contributed by atoms with Gasteiger partial charge in [0.15, 0.2) is 5.82 Å². The van der Waals surface area contributed by atoms with Gasteiger partial charge in [-0.15, -0.1) is 0 Å². The molecule has 3 aromatic rings. The van der Waals surface area contributed by atoms with Gasteiger partial charge in [0.25, 0.3) is 0 Å². The third kappa shape index (κ3) is 5.75. The SMILES string of the molecule is CNC[C@@H](O)COc1ccc(Cl)c(-c2nc(C(C=NC3CC3)=CN)c(C)c(-c3c(C)noc3C)n2)c1. The summed E-state index contributed by atoms with van der Waals surface area (Å²) in [6, 6.07) is 5.58. The van der Waals surface area contributed by atoms with E-state index in [4.69, 9.17) is 36.6 Å². The number of aliphatic hydroxyl groups is 1. The average molecular weight is 511 g/mol. The number of nitrogens with two attached hydrogens (primary N) is 1. The fourth-order valence-electron chi connectivity index (χ4n) is 3.83. The molecule has 4 rings (SSSR count). The summed E-state index contributed by atoms with van der Waals surface area (Å²) in [6.45, 7) is 6.21. The van der Waals surface area contributed by atoms with Gasteiger partial charge >= 0.3 is 0 Å². The molecule has 1 aliphatic carbocycles. The molecule has 0 amide bonds. The van der Waals surface area contributed by atoms with Crippen LogP contribution < -0.4 is 15.8 Å². The number of allylic oxidation sites excluding steroid dienone is 1. The number of rotatable bonds is 10. The van der Waals surface area contributed by atoms with E-state index in [1.165, 1.54) is 6.20 Å². The minimum Gasteiger partial charge on any atom is -0.491 e. The van der Waals surface area contributed by atoms with Crippen LogP contribution in [0.2, 0.25) is 5.02 Å². The van der Waals surface area contributed by atoms with E-state index in [-0.39, 0.29) is 6.61 Å². The molecule has 190 valence electrons. The van der Waals surface area contributed by atoms with E-state index in [0.29, 0.717) is 57.5 Å². The Balaban J connectivity index is 1.83. The van der Waals surface area contributed by atoms with Crippen LogP contribution >= 0.6 is 11.6 Å². The van der Waals surface area contributed by atoms with Crippen molar-refractivity contribution in [3.63, 3.8) is 0 Å². The molecule has 0 unspecified atom stereocenters. The number of hydrogen-bond donors (Lipinski definition) is 3. The number of nitrogens with zero attached hydrogens (tertiary/aromatic N) is 4. The third-order valence-corrected chi connectivity index (χ3v) is 6.23. The lowest BCUT2D eigenvalue weighted by Gasteiger charge is -2.15. The Kier molecular flexibility index (Phi) is 8.03. The van der Waals surface area contributed by atoms with Crippen LogP contribution in [0, 0.1) is 20.8 Å². The number of ether oxygens (including phenoxy) is 1. The van der Waals surface area contributed by atoms with E-state index in [9.17, 15) is 5.11 Å². The summed E-state index contributed by atoms with van der Waals surface area (Å²) in [6.07, 6.45) is 4.80. The topological polar surface area (TPSA) is 132 Å².